The van der Waals surface area contributed by atoms with Gasteiger partial charge in [-0.3, -0.25) is 4.99 Å². The van der Waals surface area contributed by atoms with Crippen molar-refractivity contribution in [1.82, 2.24) is 5.01 Å². The Hall–Kier alpha value is -2.84. The number of guanidine groups is 1. The molecule has 0 aliphatic heterocycles. The summed E-state index contributed by atoms with van der Waals surface area (Å²) in [5.41, 5.74) is 11.0. The second kappa shape index (κ2) is 8.45. The molecule has 9 heteroatoms. The first-order valence-electron chi connectivity index (χ1n) is 6.65. The Bertz CT molecular complexity index is 530. The minimum absolute atomic E-state index is 0.0694. The summed E-state index contributed by atoms with van der Waals surface area (Å²) in [5, 5.41) is 20.5. The van der Waals surface area contributed by atoms with Crippen molar-refractivity contribution >= 4 is 11.9 Å². The number of carboxylic acid groups (broad SMARTS) is 1. The molecule has 22 heavy (non-hydrogen) atoms. The van der Waals surface area contributed by atoms with Crippen LogP contribution in [0.5, 0.6) is 0 Å². The van der Waals surface area contributed by atoms with Gasteiger partial charge in [0.1, 0.15) is 6.54 Å². The maximum absolute atomic E-state index is 11.3. The summed E-state index contributed by atoms with van der Waals surface area (Å²) in [6.07, 6.45) is 0.397. The summed E-state index contributed by atoms with van der Waals surface area (Å²) < 4.78 is 0. The molecular formula is C13H19N5O4. The quantitative estimate of drug-likeness (QED) is 0.194. The van der Waals surface area contributed by atoms with Crippen LogP contribution in [0, 0.1) is 10.1 Å². The maximum Gasteiger partial charge on any atom is 0.332 e. The van der Waals surface area contributed by atoms with Crippen molar-refractivity contribution < 1.29 is 14.9 Å². The number of carboxylic acids is 1. The molecule has 1 aromatic carbocycles. The van der Waals surface area contributed by atoms with Crippen molar-refractivity contribution in [2.45, 2.75) is 25.4 Å². The zero-order valence-corrected chi connectivity index (χ0v) is 12.0. The molecule has 5 N–H and O–H groups in total. The molecule has 1 aromatic rings. The van der Waals surface area contributed by atoms with Crippen molar-refractivity contribution in [3.05, 3.63) is 46.0 Å². The number of hydrogen-bond acceptors (Lipinski definition) is 4. The topological polar surface area (TPSA) is 148 Å². The van der Waals surface area contributed by atoms with E-state index in [1.54, 1.807) is 30.3 Å². The number of hydrogen-bond donors (Lipinski definition) is 3. The lowest BCUT2D eigenvalue weighted by Crippen LogP contribution is -2.44. The van der Waals surface area contributed by atoms with Crippen LogP contribution in [0.15, 0.2) is 35.3 Å². The second-order valence-corrected chi connectivity index (χ2v) is 4.62. The lowest BCUT2D eigenvalue weighted by molar-refractivity contribution is -0.665. The molecule has 1 unspecified atom stereocenters. The van der Waals surface area contributed by atoms with E-state index in [4.69, 9.17) is 11.5 Å². The van der Waals surface area contributed by atoms with Gasteiger partial charge in [-0.15, -0.1) is 5.01 Å². The zero-order valence-electron chi connectivity index (χ0n) is 12.0. The van der Waals surface area contributed by atoms with Crippen LogP contribution >= 0.6 is 0 Å². The molecule has 9 nitrogen and oxygen atoms in total. The van der Waals surface area contributed by atoms with E-state index in [0.717, 1.165) is 0 Å². The van der Waals surface area contributed by atoms with Gasteiger partial charge in [0.25, 0.3) is 0 Å². The second-order valence-electron chi connectivity index (χ2n) is 4.62. The van der Waals surface area contributed by atoms with Crippen LogP contribution < -0.4 is 11.5 Å². The molecule has 0 saturated carbocycles. The minimum Gasteiger partial charge on any atom is -0.480 e. The van der Waals surface area contributed by atoms with Gasteiger partial charge in [-0.05, 0) is 18.4 Å². The van der Waals surface area contributed by atoms with Crippen molar-refractivity contribution in [1.29, 1.82) is 0 Å². The third-order valence-corrected chi connectivity index (χ3v) is 2.97. The Morgan fingerprint density at radius 2 is 2.00 bits per heavy atom. The molecule has 120 valence electrons. The van der Waals surface area contributed by atoms with Crippen LogP contribution in [0.4, 0.5) is 0 Å². The number of rotatable bonds is 9. The van der Waals surface area contributed by atoms with Gasteiger partial charge in [0.2, 0.25) is 0 Å². The van der Waals surface area contributed by atoms with Gasteiger partial charge < -0.3 is 16.6 Å². The molecule has 0 aliphatic carbocycles. The molecule has 0 aromatic heterocycles. The van der Waals surface area contributed by atoms with Crippen molar-refractivity contribution in [3.8, 4) is 0 Å². The predicted molar refractivity (Wildman–Crippen MR) is 80.3 cm³/mol. The average molecular weight is 309 g/mol. The molecule has 0 amide bonds. The van der Waals surface area contributed by atoms with Gasteiger partial charge in [0.15, 0.2) is 17.0 Å². The number of carbonyl (C=O) groups is 1. The average Bonchev–Trinajstić information content (AvgIpc) is 2.45. The predicted octanol–water partition coefficient (Wildman–Crippen LogP) is 0.187. The van der Waals surface area contributed by atoms with Gasteiger partial charge in [-0.25, -0.2) is 14.9 Å². The van der Waals surface area contributed by atoms with E-state index in [9.17, 15) is 20.0 Å². The van der Waals surface area contributed by atoms with Crippen molar-refractivity contribution in [3.63, 3.8) is 0 Å². The Morgan fingerprint density at radius 3 is 2.50 bits per heavy atom. The largest absolute Gasteiger partial charge is 0.480 e. The first-order chi connectivity index (χ1) is 10.4. The summed E-state index contributed by atoms with van der Waals surface area (Å²) in [4.78, 5) is 26.3. The first-order valence-corrected chi connectivity index (χ1v) is 6.65. The van der Waals surface area contributed by atoms with E-state index in [2.05, 4.69) is 4.99 Å². The first kappa shape index (κ1) is 17.2. The van der Waals surface area contributed by atoms with Gasteiger partial charge in [0, 0.05) is 6.54 Å². The number of benzene rings is 1. The van der Waals surface area contributed by atoms with Crippen molar-refractivity contribution in [2.24, 2.45) is 16.5 Å². The van der Waals surface area contributed by atoms with Crippen LogP contribution in [-0.2, 0) is 11.3 Å². The highest BCUT2D eigenvalue weighted by Crippen LogP contribution is 2.13. The van der Waals surface area contributed by atoms with E-state index in [-0.39, 0.29) is 25.5 Å². The van der Waals surface area contributed by atoms with Crippen LogP contribution in [-0.4, -0.2) is 39.7 Å². The number of nitro groups is 1. The zero-order chi connectivity index (χ0) is 16.5. The fourth-order valence-electron chi connectivity index (χ4n) is 1.94. The summed E-state index contributed by atoms with van der Waals surface area (Å²) >= 11 is 0. The number of nitrogens with two attached hydrogens (primary N) is 2. The van der Waals surface area contributed by atoms with E-state index in [0.29, 0.717) is 17.0 Å². The Balaban J connectivity index is 2.77. The van der Waals surface area contributed by atoms with Crippen molar-refractivity contribution in [2.75, 3.05) is 6.54 Å². The molecule has 0 bridgehead atoms. The summed E-state index contributed by atoms with van der Waals surface area (Å²) in [6, 6.07) is 7.42. The Kier molecular flexibility index (Phi) is 6.61. The number of aliphatic carboxylic acids is 1. The smallest absolute Gasteiger partial charge is 0.332 e. The van der Waals surface area contributed by atoms with E-state index in [1.165, 1.54) is 0 Å². The molecule has 0 saturated heterocycles. The van der Waals surface area contributed by atoms with E-state index in [1.807, 2.05) is 0 Å². The van der Waals surface area contributed by atoms with Gasteiger partial charge in [-0.2, -0.15) is 0 Å². The SMILES string of the molecule is NC(N)=NCCCC(C(=O)O)N(Cc1ccccc1)[N+](=O)[O-]. The maximum atomic E-state index is 11.3. The van der Waals surface area contributed by atoms with Crippen LogP contribution in [0.3, 0.4) is 0 Å². The molecule has 0 radical (unpaired) electrons. The Morgan fingerprint density at radius 1 is 1.36 bits per heavy atom. The third-order valence-electron chi connectivity index (χ3n) is 2.97. The highest BCUT2D eigenvalue weighted by Gasteiger charge is 2.32. The minimum atomic E-state index is -1.25. The van der Waals surface area contributed by atoms with Crippen LogP contribution in [0.2, 0.25) is 0 Å². The summed E-state index contributed by atoms with van der Waals surface area (Å²) in [6.45, 7) is 0.135. The summed E-state index contributed by atoms with van der Waals surface area (Å²) in [5.74, 6) is -1.35. The van der Waals surface area contributed by atoms with Crippen LogP contribution in [0.25, 0.3) is 0 Å². The molecule has 1 atom stereocenters. The van der Waals surface area contributed by atoms with Gasteiger partial charge in [-0.1, -0.05) is 30.3 Å². The molecule has 0 heterocycles. The van der Waals surface area contributed by atoms with Gasteiger partial charge in [0.05, 0.1) is 0 Å². The lowest BCUT2D eigenvalue weighted by Gasteiger charge is -2.21. The number of hydrazine groups is 1. The normalized spacial score (nSPS) is 11.5. The van der Waals surface area contributed by atoms with Crippen LogP contribution in [0.1, 0.15) is 18.4 Å². The molecular weight excluding hydrogens is 290 g/mol. The standard InChI is InChI=1S/C13H19N5O4/c14-13(15)16-8-4-7-11(12(19)20)17(18(21)22)9-10-5-2-1-3-6-10/h1-3,5-6,11H,4,7-9H2,(H,19,20)(H4,14,15,16). The monoisotopic (exact) mass is 309 g/mol. The molecule has 1 rings (SSSR count). The molecule has 0 aliphatic rings. The van der Waals surface area contributed by atoms with Gasteiger partial charge >= 0.3 is 5.97 Å². The Labute approximate surface area is 127 Å². The number of aliphatic imine (C=N–C) groups is 1. The highest BCUT2D eigenvalue weighted by atomic mass is 16.7. The number of nitrogens with zero attached hydrogens (tertiary/aromatic N) is 3. The summed E-state index contributed by atoms with van der Waals surface area (Å²) in [7, 11) is 0. The molecule has 0 fully saturated rings. The van der Waals surface area contributed by atoms with E-state index < -0.39 is 17.0 Å². The lowest BCUT2D eigenvalue weighted by atomic mass is 10.1. The highest BCUT2D eigenvalue weighted by molar-refractivity contribution is 5.75. The molecule has 0 spiro atoms. The fraction of sp³-hybridized carbons (Fsp3) is 0.385. The van der Waals surface area contributed by atoms with E-state index >= 15 is 0 Å². The third kappa shape index (κ3) is 5.65. The fourth-order valence-corrected chi connectivity index (χ4v) is 1.94.